The van der Waals surface area contributed by atoms with Gasteiger partial charge in [0.25, 0.3) is 0 Å². The molecule has 37 heavy (non-hydrogen) atoms. The van der Waals surface area contributed by atoms with Crippen molar-refractivity contribution in [2.75, 3.05) is 30.9 Å². The van der Waals surface area contributed by atoms with E-state index in [1.54, 1.807) is 11.8 Å². The van der Waals surface area contributed by atoms with E-state index in [0.29, 0.717) is 12.0 Å². The van der Waals surface area contributed by atoms with Crippen molar-refractivity contribution in [3.8, 4) is 0 Å². The van der Waals surface area contributed by atoms with Crippen LogP contribution in [0.3, 0.4) is 0 Å². The second kappa shape index (κ2) is 12.2. The van der Waals surface area contributed by atoms with Crippen molar-refractivity contribution < 1.29 is 0 Å². The molecule has 3 aromatic carbocycles. The largest absolute Gasteiger partial charge is 0.362 e. The van der Waals surface area contributed by atoms with Gasteiger partial charge in [0.2, 0.25) is 5.95 Å². The van der Waals surface area contributed by atoms with Gasteiger partial charge in [0.05, 0.1) is 5.52 Å². The van der Waals surface area contributed by atoms with Crippen LogP contribution in [0.2, 0.25) is 5.02 Å². The van der Waals surface area contributed by atoms with Gasteiger partial charge in [-0.05, 0) is 86.2 Å². The quantitative estimate of drug-likeness (QED) is 0.237. The summed E-state index contributed by atoms with van der Waals surface area (Å²) in [6, 6.07) is 25.3. The summed E-state index contributed by atoms with van der Waals surface area (Å²) in [5.41, 5.74) is 2.32. The molecule has 4 aromatic rings. The van der Waals surface area contributed by atoms with Crippen LogP contribution in [-0.4, -0.2) is 36.6 Å². The highest BCUT2D eigenvalue weighted by molar-refractivity contribution is 7.99. The lowest BCUT2D eigenvalue weighted by atomic mass is 9.86. The summed E-state index contributed by atoms with van der Waals surface area (Å²) in [4.78, 5) is 14.2. The number of rotatable bonds is 9. The predicted octanol–water partition coefficient (Wildman–Crippen LogP) is 7.26. The van der Waals surface area contributed by atoms with E-state index in [2.05, 4.69) is 64.1 Å². The Morgan fingerprint density at radius 1 is 0.892 bits per heavy atom. The molecule has 192 valence electrons. The molecule has 5 rings (SSSR count). The Kier molecular flexibility index (Phi) is 8.49. The highest BCUT2D eigenvalue weighted by atomic mass is 35.5. The normalized spacial score (nSPS) is 17.6. The number of hydrogen-bond acceptors (Lipinski definition) is 6. The second-order valence-corrected chi connectivity index (χ2v) is 11.5. The van der Waals surface area contributed by atoms with E-state index >= 15 is 0 Å². The maximum absolute atomic E-state index is 6.05. The van der Waals surface area contributed by atoms with Gasteiger partial charge in [0.1, 0.15) is 5.82 Å². The number of fused-ring (bicyclic) bond motifs is 1. The van der Waals surface area contributed by atoms with Gasteiger partial charge in [-0.3, -0.25) is 0 Å². The van der Waals surface area contributed by atoms with Crippen LogP contribution in [0.1, 0.15) is 31.2 Å². The van der Waals surface area contributed by atoms with Gasteiger partial charge in [-0.25, -0.2) is 4.98 Å². The third kappa shape index (κ3) is 6.75. The first-order valence-corrected chi connectivity index (χ1v) is 14.2. The van der Waals surface area contributed by atoms with Gasteiger partial charge < -0.3 is 15.5 Å². The third-order valence-corrected chi connectivity index (χ3v) is 8.33. The first-order valence-electron chi connectivity index (χ1n) is 13.0. The van der Waals surface area contributed by atoms with Gasteiger partial charge in [0.15, 0.2) is 0 Å². The van der Waals surface area contributed by atoms with Gasteiger partial charge in [0, 0.05) is 46.9 Å². The zero-order valence-corrected chi connectivity index (χ0v) is 23.0. The molecule has 1 heterocycles. The van der Waals surface area contributed by atoms with Crippen LogP contribution < -0.4 is 15.5 Å². The van der Waals surface area contributed by atoms with E-state index < -0.39 is 0 Å². The fraction of sp³-hybridized carbons (Fsp3) is 0.333. The maximum Gasteiger partial charge on any atom is 0.225 e. The molecule has 0 aliphatic heterocycles. The minimum absolute atomic E-state index is 0.420. The minimum Gasteiger partial charge on any atom is -0.362 e. The molecule has 1 aliphatic rings. The molecule has 2 N–H and O–H groups in total. The monoisotopic (exact) mass is 531 g/mol. The first-order chi connectivity index (χ1) is 18.0. The van der Waals surface area contributed by atoms with Crippen LogP contribution in [-0.2, 0) is 6.54 Å². The van der Waals surface area contributed by atoms with E-state index in [4.69, 9.17) is 21.6 Å². The fourth-order valence-electron chi connectivity index (χ4n) is 4.95. The molecule has 1 fully saturated rings. The van der Waals surface area contributed by atoms with Crippen molar-refractivity contribution in [1.29, 1.82) is 0 Å². The SMILES string of the molecule is CN(C)c1nc(N[C@H]2CC[C@@H](CNCc3ccccc3Sc3ccc(Cl)cc3)CC2)nc2ccccc12. The van der Waals surface area contributed by atoms with E-state index in [1.165, 1.54) is 28.2 Å². The molecule has 0 bridgehead atoms. The van der Waals surface area contributed by atoms with Gasteiger partial charge in [-0.15, -0.1) is 0 Å². The van der Waals surface area contributed by atoms with Crippen molar-refractivity contribution in [2.24, 2.45) is 5.92 Å². The van der Waals surface area contributed by atoms with Gasteiger partial charge in [-0.1, -0.05) is 53.7 Å². The third-order valence-electron chi connectivity index (χ3n) is 6.95. The van der Waals surface area contributed by atoms with Crippen LogP contribution in [0, 0.1) is 5.92 Å². The molecule has 0 unspecified atom stereocenters. The number of nitrogens with zero attached hydrogens (tertiary/aromatic N) is 3. The number of benzene rings is 3. The van der Waals surface area contributed by atoms with Crippen LogP contribution >= 0.6 is 23.4 Å². The standard InChI is InChI=1S/C30H34ClN5S/c1-36(2)29-26-8-4-5-9-27(26)34-30(35-29)33-24-15-11-21(12-16-24)19-32-20-22-7-3-6-10-28(22)37-25-17-13-23(31)14-18-25/h3-10,13-14,17-18,21,24,32H,11-12,15-16,19-20H2,1-2H3,(H,33,34,35)/t21-,24+. The van der Waals surface area contributed by atoms with Crippen LogP contribution in [0.5, 0.6) is 0 Å². The van der Waals surface area contributed by atoms with E-state index in [9.17, 15) is 0 Å². The van der Waals surface area contributed by atoms with Crippen molar-refractivity contribution in [3.63, 3.8) is 0 Å². The molecule has 0 radical (unpaired) electrons. The summed E-state index contributed by atoms with van der Waals surface area (Å²) in [5.74, 6) is 2.39. The van der Waals surface area contributed by atoms with Crippen LogP contribution in [0.4, 0.5) is 11.8 Å². The smallest absolute Gasteiger partial charge is 0.225 e. The molecule has 1 saturated carbocycles. The van der Waals surface area contributed by atoms with E-state index in [0.717, 1.165) is 53.6 Å². The minimum atomic E-state index is 0.420. The molecular formula is C30H34ClN5S. The number of anilines is 2. The first kappa shape index (κ1) is 25.8. The topological polar surface area (TPSA) is 53.1 Å². The molecule has 0 saturated heterocycles. The summed E-state index contributed by atoms with van der Waals surface area (Å²) < 4.78 is 0. The van der Waals surface area contributed by atoms with E-state index in [1.807, 2.05) is 38.4 Å². The Balaban J connectivity index is 1.12. The van der Waals surface area contributed by atoms with Crippen molar-refractivity contribution in [2.45, 2.75) is 48.1 Å². The fourth-order valence-corrected chi connectivity index (χ4v) is 6.02. The number of aromatic nitrogens is 2. The summed E-state index contributed by atoms with van der Waals surface area (Å²) in [6.07, 6.45) is 4.70. The lowest BCUT2D eigenvalue weighted by Crippen LogP contribution is -2.31. The maximum atomic E-state index is 6.05. The molecule has 0 amide bonds. The second-order valence-electron chi connectivity index (χ2n) is 9.94. The summed E-state index contributed by atoms with van der Waals surface area (Å²) >= 11 is 7.84. The zero-order chi connectivity index (χ0) is 25.6. The molecule has 1 aromatic heterocycles. The van der Waals surface area contributed by atoms with Crippen molar-refractivity contribution >= 4 is 46.0 Å². The Hall–Kier alpha value is -2.80. The average molecular weight is 532 g/mol. The number of para-hydroxylation sites is 1. The number of hydrogen-bond donors (Lipinski definition) is 2. The zero-order valence-electron chi connectivity index (χ0n) is 21.5. The number of halogens is 1. The lowest BCUT2D eigenvalue weighted by Gasteiger charge is -2.29. The average Bonchev–Trinajstić information content (AvgIpc) is 2.91. The molecular weight excluding hydrogens is 498 g/mol. The summed E-state index contributed by atoms with van der Waals surface area (Å²) in [7, 11) is 4.07. The highest BCUT2D eigenvalue weighted by Gasteiger charge is 2.22. The van der Waals surface area contributed by atoms with Crippen LogP contribution in [0.25, 0.3) is 10.9 Å². The Morgan fingerprint density at radius 2 is 1.62 bits per heavy atom. The van der Waals surface area contributed by atoms with E-state index in [-0.39, 0.29) is 0 Å². The summed E-state index contributed by atoms with van der Waals surface area (Å²) in [5, 5.41) is 9.21. The molecule has 0 spiro atoms. The van der Waals surface area contributed by atoms with Gasteiger partial charge in [-0.2, -0.15) is 4.98 Å². The Morgan fingerprint density at radius 3 is 2.41 bits per heavy atom. The number of nitrogens with one attached hydrogen (secondary N) is 2. The molecule has 1 aliphatic carbocycles. The van der Waals surface area contributed by atoms with Gasteiger partial charge >= 0.3 is 0 Å². The molecule has 5 nitrogen and oxygen atoms in total. The molecule has 0 atom stereocenters. The Labute approximate surface area is 229 Å². The lowest BCUT2D eigenvalue weighted by molar-refractivity contribution is 0.323. The highest BCUT2D eigenvalue weighted by Crippen LogP contribution is 2.32. The van der Waals surface area contributed by atoms with Crippen LogP contribution in [0.15, 0.2) is 82.6 Å². The Bertz CT molecular complexity index is 1320. The van der Waals surface area contributed by atoms with Crippen molar-refractivity contribution in [1.82, 2.24) is 15.3 Å². The van der Waals surface area contributed by atoms with Crippen molar-refractivity contribution in [3.05, 3.63) is 83.4 Å². The predicted molar refractivity (Wildman–Crippen MR) is 157 cm³/mol. The summed E-state index contributed by atoms with van der Waals surface area (Å²) in [6.45, 7) is 1.93. The molecule has 7 heteroatoms.